The summed E-state index contributed by atoms with van der Waals surface area (Å²) in [5.41, 5.74) is -1.35. The molecule has 0 aromatic heterocycles. The molecule has 0 saturated carbocycles. The Morgan fingerprint density at radius 2 is 1.12 bits per heavy atom. The van der Waals surface area contributed by atoms with Crippen LogP contribution < -0.4 is 21.3 Å². The summed E-state index contributed by atoms with van der Waals surface area (Å²) in [5, 5.41) is 11.4. The van der Waals surface area contributed by atoms with Gasteiger partial charge in [-0.05, 0) is 12.8 Å². The number of fused-ring (bicyclic) bond motifs is 1. The van der Waals surface area contributed by atoms with Gasteiger partial charge in [0.15, 0.2) is 11.3 Å². The number of hydrogen-bond acceptors (Lipinski definition) is 2. The van der Waals surface area contributed by atoms with E-state index in [0.717, 1.165) is 12.8 Å². The van der Waals surface area contributed by atoms with Crippen molar-refractivity contribution in [2.24, 2.45) is 0 Å². The number of carbonyl (C=O) groups is 2. The molecule has 4 amide bonds. The molecule has 0 aromatic rings. The second-order valence-electron chi connectivity index (χ2n) is 4.47. The fourth-order valence-electron chi connectivity index (χ4n) is 2.75. The molecule has 0 aliphatic carbocycles. The van der Waals surface area contributed by atoms with Crippen LogP contribution >= 0.6 is 0 Å². The number of nitrogens with one attached hydrogen (secondary N) is 4. The Morgan fingerprint density at radius 3 is 1.38 bits per heavy atom. The third-order valence-corrected chi connectivity index (χ3v) is 3.29. The van der Waals surface area contributed by atoms with Crippen LogP contribution in [0.2, 0.25) is 0 Å². The Kier molecular flexibility index (Phi) is 2.44. The SMILES string of the molecule is CCC[C@]12NC(=O)N[C@@]1(CCC)NC(=O)N2. The Labute approximate surface area is 94.5 Å². The lowest BCUT2D eigenvalue weighted by Gasteiger charge is -2.36. The molecule has 16 heavy (non-hydrogen) atoms. The summed E-state index contributed by atoms with van der Waals surface area (Å²) in [4.78, 5) is 23.0. The highest BCUT2D eigenvalue weighted by molar-refractivity contribution is 5.88. The maximum absolute atomic E-state index is 11.5. The minimum Gasteiger partial charge on any atom is -0.311 e. The molecule has 2 aliphatic rings. The molecule has 0 aromatic carbocycles. The predicted molar refractivity (Wildman–Crippen MR) is 58.6 cm³/mol. The molecule has 0 atom stereocenters. The first-order chi connectivity index (χ1) is 7.57. The third kappa shape index (κ3) is 1.32. The molecule has 6 nitrogen and oxygen atoms in total. The molecule has 0 radical (unpaired) electrons. The highest BCUT2D eigenvalue weighted by Gasteiger charge is 2.63. The number of amides is 4. The van der Waals surface area contributed by atoms with E-state index in [1.165, 1.54) is 0 Å². The smallest absolute Gasteiger partial charge is 0.311 e. The molecule has 2 aliphatic heterocycles. The van der Waals surface area contributed by atoms with Crippen LogP contribution in [0.15, 0.2) is 0 Å². The van der Waals surface area contributed by atoms with Crippen LogP contribution in [0.25, 0.3) is 0 Å². The Bertz CT molecular complexity index is 281. The van der Waals surface area contributed by atoms with Crippen molar-refractivity contribution in [3.05, 3.63) is 0 Å². The van der Waals surface area contributed by atoms with Crippen LogP contribution in [0.5, 0.6) is 0 Å². The van der Waals surface area contributed by atoms with Crippen LogP contribution in [-0.4, -0.2) is 23.4 Å². The molecule has 6 heteroatoms. The van der Waals surface area contributed by atoms with Crippen LogP contribution in [-0.2, 0) is 0 Å². The summed E-state index contributed by atoms with van der Waals surface area (Å²) in [6.45, 7) is 4.06. The molecule has 90 valence electrons. The molecular weight excluding hydrogens is 208 g/mol. The fourth-order valence-corrected chi connectivity index (χ4v) is 2.75. The van der Waals surface area contributed by atoms with Gasteiger partial charge in [-0.1, -0.05) is 26.7 Å². The average molecular weight is 226 g/mol. The normalized spacial score (nSPS) is 36.1. The van der Waals surface area contributed by atoms with E-state index in [9.17, 15) is 9.59 Å². The van der Waals surface area contributed by atoms with Gasteiger partial charge in [-0.15, -0.1) is 0 Å². The second kappa shape index (κ2) is 3.54. The van der Waals surface area contributed by atoms with Crippen molar-refractivity contribution < 1.29 is 9.59 Å². The Hall–Kier alpha value is -1.46. The van der Waals surface area contributed by atoms with Gasteiger partial charge in [-0.25, -0.2) is 9.59 Å². The van der Waals surface area contributed by atoms with Crippen LogP contribution in [0.1, 0.15) is 39.5 Å². The topological polar surface area (TPSA) is 82.3 Å². The predicted octanol–water partition coefficient (Wildman–Crippen LogP) is 0.605. The summed E-state index contributed by atoms with van der Waals surface area (Å²) in [6, 6.07) is -0.455. The largest absolute Gasteiger partial charge is 0.318 e. The zero-order chi connectivity index (χ0) is 11.8. The van der Waals surface area contributed by atoms with E-state index >= 15 is 0 Å². The van der Waals surface area contributed by atoms with Gasteiger partial charge < -0.3 is 21.3 Å². The lowest BCUT2D eigenvalue weighted by Crippen LogP contribution is -2.65. The first-order valence-electron chi connectivity index (χ1n) is 5.78. The van der Waals surface area contributed by atoms with E-state index in [2.05, 4.69) is 21.3 Å². The van der Waals surface area contributed by atoms with Gasteiger partial charge in [-0.3, -0.25) is 0 Å². The monoisotopic (exact) mass is 226 g/mol. The summed E-state index contributed by atoms with van der Waals surface area (Å²) in [7, 11) is 0. The Morgan fingerprint density at radius 1 is 0.812 bits per heavy atom. The Balaban J connectivity index is 2.35. The summed E-state index contributed by atoms with van der Waals surface area (Å²) >= 11 is 0. The molecule has 4 N–H and O–H groups in total. The van der Waals surface area contributed by atoms with Gasteiger partial charge in [0.05, 0.1) is 0 Å². The van der Waals surface area contributed by atoms with Crippen LogP contribution in [0, 0.1) is 0 Å². The highest BCUT2D eigenvalue weighted by Crippen LogP contribution is 2.34. The van der Waals surface area contributed by atoms with E-state index in [-0.39, 0.29) is 12.1 Å². The molecule has 0 unspecified atom stereocenters. The van der Waals surface area contributed by atoms with Gasteiger partial charge in [-0.2, -0.15) is 0 Å². The zero-order valence-electron chi connectivity index (χ0n) is 9.64. The van der Waals surface area contributed by atoms with Gasteiger partial charge in [0.2, 0.25) is 0 Å². The van der Waals surface area contributed by atoms with E-state index in [0.29, 0.717) is 12.8 Å². The van der Waals surface area contributed by atoms with Gasteiger partial charge in [0.1, 0.15) is 0 Å². The van der Waals surface area contributed by atoms with E-state index in [4.69, 9.17) is 0 Å². The van der Waals surface area contributed by atoms with Crippen molar-refractivity contribution >= 4 is 12.1 Å². The standard InChI is InChI=1S/C10H18N4O2/c1-3-5-9-10(6-4-2,13-7(15)11-9)14-8(16)12-9/h3-6H2,1-2H3,(H2,11,13,15)(H2,12,14,16)/t9-,10+. The van der Waals surface area contributed by atoms with Crippen LogP contribution in [0.3, 0.4) is 0 Å². The summed E-state index contributed by atoms with van der Waals surface area (Å²) < 4.78 is 0. The molecule has 2 heterocycles. The maximum Gasteiger partial charge on any atom is 0.318 e. The first-order valence-corrected chi connectivity index (χ1v) is 5.78. The van der Waals surface area contributed by atoms with Crippen molar-refractivity contribution in [3.8, 4) is 0 Å². The number of rotatable bonds is 4. The molecule has 0 spiro atoms. The summed E-state index contributed by atoms with van der Waals surface area (Å²) in [6.07, 6.45) is 3.19. The van der Waals surface area contributed by atoms with Gasteiger partial charge in [0, 0.05) is 0 Å². The van der Waals surface area contributed by atoms with Gasteiger partial charge in [0.25, 0.3) is 0 Å². The van der Waals surface area contributed by atoms with Crippen molar-refractivity contribution in [3.63, 3.8) is 0 Å². The number of hydrogen-bond donors (Lipinski definition) is 4. The third-order valence-electron chi connectivity index (χ3n) is 3.29. The van der Waals surface area contributed by atoms with E-state index < -0.39 is 11.3 Å². The average Bonchev–Trinajstić information content (AvgIpc) is 2.51. The number of urea groups is 2. The zero-order valence-corrected chi connectivity index (χ0v) is 9.64. The lowest BCUT2D eigenvalue weighted by molar-refractivity contribution is 0.176. The van der Waals surface area contributed by atoms with E-state index in [1.54, 1.807) is 0 Å². The van der Waals surface area contributed by atoms with Crippen LogP contribution in [0.4, 0.5) is 9.59 Å². The first kappa shape index (κ1) is 11.0. The molecule has 0 bridgehead atoms. The highest BCUT2D eigenvalue weighted by atomic mass is 16.2. The quantitative estimate of drug-likeness (QED) is 0.566. The van der Waals surface area contributed by atoms with Crippen molar-refractivity contribution in [1.29, 1.82) is 0 Å². The van der Waals surface area contributed by atoms with Crippen molar-refractivity contribution in [2.75, 3.05) is 0 Å². The fraction of sp³-hybridized carbons (Fsp3) is 0.800. The molecule has 2 rings (SSSR count). The summed E-state index contributed by atoms with van der Waals surface area (Å²) in [5.74, 6) is 0. The number of carbonyl (C=O) groups excluding carboxylic acids is 2. The lowest BCUT2D eigenvalue weighted by atomic mass is 9.88. The van der Waals surface area contributed by atoms with Crippen molar-refractivity contribution in [2.45, 2.75) is 50.9 Å². The molecule has 2 saturated heterocycles. The maximum atomic E-state index is 11.5. The van der Waals surface area contributed by atoms with Crippen molar-refractivity contribution in [1.82, 2.24) is 21.3 Å². The minimum absolute atomic E-state index is 0.227. The molecular formula is C10H18N4O2. The van der Waals surface area contributed by atoms with E-state index in [1.807, 2.05) is 13.8 Å². The second-order valence-corrected chi connectivity index (χ2v) is 4.47. The van der Waals surface area contributed by atoms with Gasteiger partial charge >= 0.3 is 12.1 Å². The minimum atomic E-state index is -0.675. The molecule has 2 fully saturated rings.